The Balaban J connectivity index is 4.09. The van der Waals surface area contributed by atoms with Crippen LogP contribution in [-0.4, -0.2) is 21.3 Å². The zero-order chi connectivity index (χ0) is 7.49. The van der Waals surface area contributed by atoms with Gasteiger partial charge in [0.05, 0.1) is 13.1 Å². The number of hydrogen-bond donors (Lipinski definition) is 1. The number of nitrogens with zero attached hydrogens (tertiary/aromatic N) is 1. The van der Waals surface area contributed by atoms with Gasteiger partial charge in [0.15, 0.2) is 0 Å². The quantitative estimate of drug-likeness (QED) is 0.297. The lowest BCUT2D eigenvalue weighted by atomic mass is 10.6. The van der Waals surface area contributed by atoms with Crippen molar-refractivity contribution in [1.29, 1.82) is 0 Å². The SMILES string of the molecule is CC[N+]([S-])(CC)C(=S)S. The van der Waals surface area contributed by atoms with Crippen molar-refractivity contribution in [3.05, 3.63) is 0 Å². The molecule has 0 spiro atoms. The Labute approximate surface area is 73.0 Å². The highest BCUT2D eigenvalue weighted by Gasteiger charge is 2.11. The number of thiocarbonyl (C=S) groups is 1. The predicted octanol–water partition coefficient (Wildman–Crippen LogP) is 1.52. The first kappa shape index (κ1) is 9.75. The molecule has 0 aliphatic rings. The lowest BCUT2D eigenvalue weighted by molar-refractivity contribution is -0.685. The monoisotopic (exact) mass is 181 g/mol. The second-order valence-corrected chi connectivity index (χ2v) is 3.62. The molecule has 0 saturated heterocycles. The summed E-state index contributed by atoms with van der Waals surface area (Å²) in [7, 11) is 0. The van der Waals surface area contributed by atoms with Crippen molar-refractivity contribution in [3.63, 3.8) is 0 Å². The van der Waals surface area contributed by atoms with Crippen LogP contribution in [0, 0.1) is 0 Å². The summed E-state index contributed by atoms with van der Waals surface area (Å²) in [5.41, 5.74) is 0. The van der Waals surface area contributed by atoms with Crippen LogP contribution in [0.25, 0.3) is 0 Å². The first-order valence-corrected chi connectivity index (χ1v) is 4.10. The van der Waals surface area contributed by atoms with Gasteiger partial charge in [-0.25, -0.2) is 0 Å². The summed E-state index contributed by atoms with van der Waals surface area (Å²) in [6, 6.07) is 0. The highest BCUT2D eigenvalue weighted by Crippen LogP contribution is 2.07. The van der Waals surface area contributed by atoms with Crippen molar-refractivity contribution in [1.82, 2.24) is 0 Å². The molecule has 0 aromatic carbocycles. The number of quaternary nitrogens is 1. The predicted molar refractivity (Wildman–Crippen MR) is 50.3 cm³/mol. The molecule has 0 aromatic rings. The van der Waals surface area contributed by atoms with Gasteiger partial charge in [-0.05, 0) is 26.1 Å². The third-order valence-corrected chi connectivity index (χ3v) is 3.05. The number of hydrogen-bond acceptors (Lipinski definition) is 2. The second kappa shape index (κ2) is 3.81. The summed E-state index contributed by atoms with van der Waals surface area (Å²) in [6.45, 7) is 5.71. The van der Waals surface area contributed by atoms with Crippen molar-refractivity contribution in [2.24, 2.45) is 0 Å². The van der Waals surface area contributed by atoms with E-state index in [1.54, 1.807) is 0 Å². The minimum Gasteiger partial charge on any atom is -0.486 e. The maximum atomic E-state index is 5.15. The maximum absolute atomic E-state index is 5.15. The van der Waals surface area contributed by atoms with Crippen LogP contribution < -0.4 is 0 Å². The van der Waals surface area contributed by atoms with Gasteiger partial charge in [0.1, 0.15) is 0 Å². The van der Waals surface area contributed by atoms with Crippen LogP contribution in [0.5, 0.6) is 0 Å². The molecule has 0 rings (SSSR count). The van der Waals surface area contributed by atoms with Crippen molar-refractivity contribution in [3.8, 4) is 0 Å². The van der Waals surface area contributed by atoms with Crippen LogP contribution in [0.4, 0.5) is 0 Å². The molecule has 0 bridgehead atoms. The Bertz CT molecular complexity index is 109. The average Bonchev–Trinajstić information content (AvgIpc) is 1.86. The van der Waals surface area contributed by atoms with Crippen LogP contribution in [0.15, 0.2) is 0 Å². The van der Waals surface area contributed by atoms with Crippen molar-refractivity contribution in [2.75, 3.05) is 13.1 Å². The molecule has 0 aromatic heterocycles. The lowest BCUT2D eigenvalue weighted by Gasteiger charge is -2.40. The molecule has 4 heteroatoms. The van der Waals surface area contributed by atoms with E-state index < -0.39 is 0 Å². The van der Waals surface area contributed by atoms with Gasteiger partial charge in [-0.3, -0.25) is 0 Å². The van der Waals surface area contributed by atoms with Gasteiger partial charge in [0.2, 0.25) is 4.32 Å². The zero-order valence-electron chi connectivity index (χ0n) is 5.63. The molecule has 0 fully saturated rings. The fourth-order valence-electron chi connectivity index (χ4n) is 0.494. The highest BCUT2D eigenvalue weighted by atomic mass is 32.1. The Morgan fingerprint density at radius 2 is 1.89 bits per heavy atom. The van der Waals surface area contributed by atoms with Crippen LogP contribution in [0.3, 0.4) is 0 Å². The minimum absolute atomic E-state index is 0.373. The van der Waals surface area contributed by atoms with Gasteiger partial charge in [-0.15, -0.1) is 0 Å². The molecule has 0 saturated carbocycles. The molecule has 54 valence electrons. The third-order valence-electron chi connectivity index (χ3n) is 1.37. The van der Waals surface area contributed by atoms with E-state index in [0.29, 0.717) is 8.21 Å². The fourth-order valence-corrected chi connectivity index (χ4v) is 1.04. The van der Waals surface area contributed by atoms with Gasteiger partial charge in [-0.1, -0.05) is 12.6 Å². The first-order valence-electron chi connectivity index (χ1n) is 2.88. The minimum atomic E-state index is 0.373. The third kappa shape index (κ3) is 2.45. The molecule has 0 atom stereocenters. The second-order valence-electron chi connectivity index (χ2n) is 1.80. The fraction of sp³-hybridized carbons (Fsp3) is 0.800. The smallest absolute Gasteiger partial charge is 0.212 e. The van der Waals surface area contributed by atoms with Crippen LogP contribution in [0.2, 0.25) is 0 Å². The Morgan fingerprint density at radius 1 is 1.56 bits per heavy atom. The Hall–Kier alpha value is 0.750. The molecular weight excluding hydrogens is 170 g/mol. The van der Waals surface area contributed by atoms with E-state index in [2.05, 4.69) is 12.6 Å². The highest BCUT2D eigenvalue weighted by molar-refractivity contribution is 8.10. The topological polar surface area (TPSA) is 0 Å². The van der Waals surface area contributed by atoms with Crippen LogP contribution in [0.1, 0.15) is 13.8 Å². The molecule has 0 aliphatic heterocycles. The van der Waals surface area contributed by atoms with Crippen molar-refractivity contribution in [2.45, 2.75) is 13.8 Å². The molecule has 0 heterocycles. The first-order chi connectivity index (χ1) is 4.06. The lowest BCUT2D eigenvalue weighted by Crippen LogP contribution is -2.43. The van der Waals surface area contributed by atoms with Crippen molar-refractivity contribution >= 4 is 42.0 Å². The van der Waals surface area contributed by atoms with E-state index in [1.165, 1.54) is 0 Å². The largest absolute Gasteiger partial charge is 0.486 e. The molecule has 0 radical (unpaired) electrons. The summed E-state index contributed by atoms with van der Waals surface area (Å²) < 4.78 is 0.966. The van der Waals surface area contributed by atoms with E-state index in [9.17, 15) is 0 Å². The number of rotatable bonds is 2. The van der Waals surface area contributed by atoms with Crippen molar-refractivity contribution < 1.29 is 3.89 Å². The summed E-state index contributed by atoms with van der Waals surface area (Å²) in [5.74, 6) is 0. The van der Waals surface area contributed by atoms with E-state index in [-0.39, 0.29) is 0 Å². The standard InChI is InChI=1S/C5H11NS3/c1-3-6(9,4-2)5(7)8/h3-4H2,1-2H3,(H,7,8). The van der Waals surface area contributed by atoms with Crippen LogP contribution >= 0.6 is 24.8 Å². The Morgan fingerprint density at radius 3 is 1.89 bits per heavy atom. The molecule has 0 N–H and O–H groups in total. The van der Waals surface area contributed by atoms with E-state index in [1.807, 2.05) is 13.8 Å². The molecule has 0 aliphatic carbocycles. The molecular formula is C5H11NS3. The van der Waals surface area contributed by atoms with Gasteiger partial charge in [0.25, 0.3) is 0 Å². The average molecular weight is 181 g/mol. The van der Waals surface area contributed by atoms with E-state index in [4.69, 9.17) is 25.0 Å². The summed E-state index contributed by atoms with van der Waals surface area (Å²) >= 11 is 14.0. The van der Waals surface area contributed by atoms with Gasteiger partial charge in [0, 0.05) is 0 Å². The normalized spacial score (nSPS) is 11.6. The summed E-state index contributed by atoms with van der Waals surface area (Å²) in [6.07, 6.45) is 0. The van der Waals surface area contributed by atoms with Gasteiger partial charge < -0.3 is 16.7 Å². The molecule has 0 unspecified atom stereocenters. The summed E-state index contributed by atoms with van der Waals surface area (Å²) in [4.78, 5) is 0. The zero-order valence-corrected chi connectivity index (χ0v) is 8.15. The molecule has 9 heavy (non-hydrogen) atoms. The Kier molecular flexibility index (Phi) is 4.12. The maximum Gasteiger partial charge on any atom is 0.212 e. The number of thiol groups is 1. The molecule has 0 amide bonds. The van der Waals surface area contributed by atoms with Gasteiger partial charge in [-0.2, -0.15) is 0 Å². The summed E-state index contributed by atoms with van der Waals surface area (Å²) in [5, 5.41) is 0. The van der Waals surface area contributed by atoms with Gasteiger partial charge >= 0.3 is 0 Å². The molecule has 1 nitrogen and oxygen atoms in total. The van der Waals surface area contributed by atoms with E-state index >= 15 is 0 Å². The van der Waals surface area contributed by atoms with E-state index in [0.717, 1.165) is 13.1 Å². The van der Waals surface area contributed by atoms with Crippen LogP contribution in [-0.2, 0) is 12.8 Å².